The van der Waals surface area contributed by atoms with Crippen molar-refractivity contribution in [3.8, 4) is 5.75 Å². The summed E-state index contributed by atoms with van der Waals surface area (Å²) in [6.07, 6.45) is -2.33. The van der Waals surface area contributed by atoms with E-state index >= 15 is 0 Å². The van der Waals surface area contributed by atoms with Gasteiger partial charge in [0.2, 0.25) is 0 Å². The van der Waals surface area contributed by atoms with Crippen LogP contribution >= 0.6 is 11.8 Å². The summed E-state index contributed by atoms with van der Waals surface area (Å²) in [5.41, 5.74) is 1.45. The van der Waals surface area contributed by atoms with Crippen molar-refractivity contribution < 1.29 is 167 Å². The summed E-state index contributed by atoms with van der Waals surface area (Å²) in [5.74, 6) is 0.743. The fourth-order valence-corrected chi connectivity index (χ4v) is 2.41. The summed E-state index contributed by atoms with van der Waals surface area (Å²) in [7, 11) is 1.61. The second-order valence-electron chi connectivity index (χ2n) is 4.44. The second-order valence-corrected chi connectivity index (χ2v) is 5.44. The third-order valence-corrected chi connectivity index (χ3v) is 3.63. The largest absolute Gasteiger partial charge is 1.00 e. The number of carboxylic acid groups (broad SMARTS) is 2. The van der Waals surface area contributed by atoms with Crippen molar-refractivity contribution in [3.05, 3.63) is 59.7 Å². The molecule has 0 radical (unpaired) electrons. The van der Waals surface area contributed by atoms with E-state index in [1.165, 1.54) is 11.8 Å². The molecule has 0 bridgehead atoms. The molecule has 128 valence electrons. The summed E-state index contributed by atoms with van der Waals surface area (Å²) in [6, 6.07) is 15.1. The standard InChI is InChI=1S/C16H16O3S.CH2O3.2Cs/c1-12-10-13(8-9-15(12)18-2)16(17)19-11-20-14-6-4-3-5-7-14;2-1(3)4;;/h3-10H,11H2,1-2H3;(H2,2,3,4);;/q;;2*+1/p-2. The number of hydrogen-bond acceptors (Lipinski definition) is 7. The van der Waals surface area contributed by atoms with Gasteiger partial charge in [-0.3, -0.25) is 0 Å². The van der Waals surface area contributed by atoms with Crippen LogP contribution in [0.4, 0.5) is 4.79 Å². The van der Waals surface area contributed by atoms with Crippen LogP contribution in [0.15, 0.2) is 53.4 Å². The Morgan fingerprint density at radius 1 is 1.04 bits per heavy atom. The molecule has 2 aromatic rings. The minimum atomic E-state index is -2.33. The Morgan fingerprint density at radius 2 is 1.62 bits per heavy atom. The molecule has 0 unspecified atom stereocenters. The Morgan fingerprint density at radius 3 is 2.12 bits per heavy atom. The molecule has 0 saturated carbocycles. The predicted octanol–water partition coefficient (Wildman–Crippen LogP) is -4.53. The first-order valence-corrected chi connectivity index (χ1v) is 7.80. The van der Waals surface area contributed by atoms with Crippen LogP contribution in [0.1, 0.15) is 15.9 Å². The average molecular weight is 614 g/mol. The molecule has 0 N–H and O–H groups in total. The number of carbonyl (C=O) groups excluding carboxylic acids is 2. The van der Waals surface area contributed by atoms with Crippen molar-refractivity contribution in [2.45, 2.75) is 11.8 Å². The molecule has 0 atom stereocenters. The van der Waals surface area contributed by atoms with Gasteiger partial charge in [0.25, 0.3) is 0 Å². The summed E-state index contributed by atoms with van der Waals surface area (Å²) >= 11 is 1.49. The molecule has 9 heteroatoms. The summed E-state index contributed by atoms with van der Waals surface area (Å²) in [4.78, 5) is 21.3. The zero-order chi connectivity index (χ0) is 17.9. The maximum atomic E-state index is 11.9. The maximum Gasteiger partial charge on any atom is 1.00 e. The van der Waals surface area contributed by atoms with E-state index in [4.69, 9.17) is 24.5 Å². The molecular weight excluding hydrogens is 598 g/mol. The van der Waals surface area contributed by atoms with Crippen LogP contribution in [0.2, 0.25) is 0 Å². The van der Waals surface area contributed by atoms with E-state index in [9.17, 15) is 4.79 Å². The number of hydrogen-bond donors (Lipinski definition) is 0. The summed E-state index contributed by atoms with van der Waals surface area (Å²) < 4.78 is 10.4. The van der Waals surface area contributed by atoms with Gasteiger partial charge >= 0.3 is 144 Å². The van der Waals surface area contributed by atoms with E-state index in [-0.39, 0.29) is 144 Å². The number of aryl methyl sites for hydroxylation is 1. The normalized spacial score (nSPS) is 8.69. The Kier molecular flexibility index (Phi) is 19.7. The van der Waals surface area contributed by atoms with Crippen LogP contribution in [-0.2, 0) is 4.74 Å². The van der Waals surface area contributed by atoms with E-state index in [0.717, 1.165) is 16.2 Å². The SMILES string of the molecule is COc1ccc(C(=O)OCSc2ccccc2)cc1C.O=C([O-])[O-].[Cs+].[Cs+]. The average Bonchev–Trinajstić information content (AvgIpc) is 2.55. The maximum absolute atomic E-state index is 11.9. The molecule has 0 amide bonds. The van der Waals surface area contributed by atoms with Gasteiger partial charge in [-0.15, -0.1) is 0 Å². The van der Waals surface area contributed by atoms with Gasteiger partial charge in [-0.2, -0.15) is 0 Å². The van der Waals surface area contributed by atoms with Crippen LogP contribution in [0.5, 0.6) is 5.75 Å². The number of thioether (sulfide) groups is 1. The topological polar surface area (TPSA) is 98.7 Å². The zero-order valence-corrected chi connectivity index (χ0v) is 28.6. The van der Waals surface area contributed by atoms with Gasteiger partial charge < -0.3 is 24.5 Å². The van der Waals surface area contributed by atoms with Crippen molar-refractivity contribution in [2.24, 2.45) is 0 Å². The van der Waals surface area contributed by atoms with Crippen LogP contribution < -0.4 is 153 Å². The van der Waals surface area contributed by atoms with Gasteiger partial charge in [0, 0.05) is 4.90 Å². The Bertz CT molecular complexity index is 678. The minimum absolute atomic E-state index is 0. The van der Waals surface area contributed by atoms with E-state index in [1.54, 1.807) is 25.3 Å². The first-order valence-electron chi connectivity index (χ1n) is 6.81. The zero-order valence-electron chi connectivity index (χ0n) is 15.2. The molecule has 0 saturated heterocycles. The van der Waals surface area contributed by atoms with Gasteiger partial charge in [0.1, 0.15) is 11.7 Å². The number of benzene rings is 2. The fourth-order valence-electron chi connectivity index (χ4n) is 1.76. The predicted molar refractivity (Wildman–Crippen MR) is 85.7 cm³/mol. The van der Waals surface area contributed by atoms with Gasteiger partial charge in [-0.25, -0.2) is 4.79 Å². The molecule has 26 heavy (non-hydrogen) atoms. The third kappa shape index (κ3) is 12.8. The molecule has 0 heterocycles. The quantitative estimate of drug-likeness (QED) is 0.190. The Labute approximate surface area is 274 Å². The van der Waals surface area contributed by atoms with Gasteiger partial charge in [-0.1, -0.05) is 30.0 Å². The smallest absolute Gasteiger partial charge is 0.652 e. The van der Waals surface area contributed by atoms with Gasteiger partial charge in [-0.05, 0) is 49.0 Å². The number of esters is 1. The summed E-state index contributed by atoms with van der Waals surface area (Å²) in [6.45, 7) is 1.90. The number of ether oxygens (including phenoxy) is 2. The monoisotopic (exact) mass is 614 g/mol. The first-order chi connectivity index (χ1) is 11.4. The van der Waals surface area contributed by atoms with E-state index in [0.29, 0.717) is 11.5 Å². The molecule has 0 aliphatic carbocycles. The van der Waals surface area contributed by atoms with Crippen LogP contribution in [0, 0.1) is 6.92 Å². The van der Waals surface area contributed by atoms with Crippen molar-refractivity contribution in [1.82, 2.24) is 0 Å². The molecule has 2 rings (SSSR count). The Balaban J connectivity index is 0. The molecule has 0 aromatic heterocycles. The fraction of sp³-hybridized carbons (Fsp3) is 0.176. The molecule has 2 aromatic carbocycles. The third-order valence-electron chi connectivity index (χ3n) is 2.79. The summed E-state index contributed by atoms with van der Waals surface area (Å²) in [5, 5.41) is 16.7. The van der Waals surface area contributed by atoms with Crippen molar-refractivity contribution in [1.29, 1.82) is 0 Å². The van der Waals surface area contributed by atoms with Crippen molar-refractivity contribution in [2.75, 3.05) is 13.0 Å². The first kappa shape index (κ1) is 29.6. The van der Waals surface area contributed by atoms with Crippen LogP contribution in [0.3, 0.4) is 0 Å². The second kappa shape index (κ2) is 17.3. The molecular formula is C17H16Cs2O6S. The Hall–Kier alpha value is 1.43. The van der Waals surface area contributed by atoms with Gasteiger partial charge in [0.05, 0.1) is 12.7 Å². The molecule has 6 nitrogen and oxygen atoms in total. The van der Waals surface area contributed by atoms with Gasteiger partial charge in [0.15, 0.2) is 0 Å². The van der Waals surface area contributed by atoms with Crippen LogP contribution in [0.25, 0.3) is 0 Å². The number of carbonyl (C=O) groups is 2. The molecule has 0 fully saturated rings. The minimum Gasteiger partial charge on any atom is -0.652 e. The number of methoxy groups -OCH3 is 1. The number of rotatable bonds is 5. The molecule has 0 aliphatic rings. The van der Waals surface area contributed by atoms with E-state index in [2.05, 4.69) is 0 Å². The van der Waals surface area contributed by atoms with Crippen molar-refractivity contribution >= 4 is 23.9 Å². The van der Waals surface area contributed by atoms with Crippen LogP contribution in [-0.4, -0.2) is 25.2 Å². The van der Waals surface area contributed by atoms with Crippen molar-refractivity contribution in [3.63, 3.8) is 0 Å². The molecule has 0 spiro atoms. The van der Waals surface area contributed by atoms with E-state index < -0.39 is 6.16 Å². The molecule has 0 aliphatic heterocycles. The van der Waals surface area contributed by atoms with E-state index in [1.807, 2.05) is 37.3 Å².